The van der Waals surface area contributed by atoms with Gasteiger partial charge in [-0.25, -0.2) is 0 Å². The van der Waals surface area contributed by atoms with Crippen LogP contribution in [0.4, 0.5) is 11.4 Å². The molecule has 0 bridgehead atoms. The van der Waals surface area contributed by atoms with E-state index in [9.17, 15) is 0 Å². The Kier molecular flexibility index (Phi) is 7.25. The van der Waals surface area contributed by atoms with Crippen LogP contribution in [0.1, 0.15) is 12.0 Å². The first kappa shape index (κ1) is 28.8. The van der Waals surface area contributed by atoms with Crippen molar-refractivity contribution in [1.29, 1.82) is 0 Å². The molecule has 1 aliphatic carbocycles. The highest BCUT2D eigenvalue weighted by atomic mass is 15.1. The molecule has 0 unspecified atom stereocenters. The Morgan fingerprint density at radius 1 is 0.367 bits per heavy atom. The average molecular weight is 627 g/mol. The number of para-hydroxylation sites is 2. The van der Waals surface area contributed by atoms with E-state index in [2.05, 4.69) is 204 Å². The lowest BCUT2D eigenvalue weighted by Crippen LogP contribution is -2.15. The van der Waals surface area contributed by atoms with Crippen LogP contribution in [-0.4, -0.2) is 4.57 Å². The van der Waals surface area contributed by atoms with E-state index < -0.39 is 0 Å². The number of benzene rings is 7. The topological polar surface area (TPSA) is 8.17 Å². The lowest BCUT2D eigenvalue weighted by atomic mass is 10.0. The van der Waals surface area contributed by atoms with Crippen molar-refractivity contribution >= 4 is 38.8 Å². The molecule has 1 heterocycles. The summed E-state index contributed by atoms with van der Waals surface area (Å²) in [4.78, 5) is 2.40. The second-order valence-electron chi connectivity index (χ2n) is 12.6. The Labute approximate surface area is 287 Å². The van der Waals surface area contributed by atoms with Crippen LogP contribution in [-0.2, 0) is 0 Å². The van der Waals surface area contributed by atoms with Crippen molar-refractivity contribution in [3.63, 3.8) is 0 Å². The predicted octanol–water partition coefficient (Wildman–Crippen LogP) is 12.6. The molecule has 0 radical (unpaired) electrons. The minimum absolute atomic E-state index is 0.871. The van der Waals surface area contributed by atoms with Crippen LogP contribution >= 0.6 is 0 Å². The average Bonchev–Trinajstić information content (AvgIpc) is 3.80. The van der Waals surface area contributed by atoms with Crippen LogP contribution in [0.5, 0.6) is 0 Å². The summed E-state index contributed by atoms with van der Waals surface area (Å²) in [5.41, 5.74) is 14.6. The maximum atomic E-state index is 2.40. The maximum absolute atomic E-state index is 2.40. The number of nitrogens with zero attached hydrogens (tertiary/aromatic N) is 2. The monoisotopic (exact) mass is 626 g/mol. The minimum Gasteiger partial charge on any atom is -0.314 e. The van der Waals surface area contributed by atoms with E-state index in [0.29, 0.717) is 0 Å². The Hall–Kier alpha value is -6.38. The zero-order chi connectivity index (χ0) is 32.6. The number of rotatable bonds is 7. The third-order valence-corrected chi connectivity index (χ3v) is 9.68. The van der Waals surface area contributed by atoms with Gasteiger partial charge in [0.25, 0.3) is 0 Å². The van der Waals surface area contributed by atoms with Crippen LogP contribution in [0.25, 0.3) is 55.3 Å². The molecule has 0 spiro atoms. The van der Waals surface area contributed by atoms with E-state index in [1.807, 2.05) is 0 Å². The highest BCUT2D eigenvalue weighted by molar-refractivity contribution is 6.09. The van der Waals surface area contributed by atoms with Gasteiger partial charge in [-0.05, 0) is 88.0 Å². The molecule has 0 saturated heterocycles. The zero-order valence-electron chi connectivity index (χ0n) is 27.1. The molecular weight excluding hydrogens is 593 g/mol. The molecule has 49 heavy (non-hydrogen) atoms. The van der Waals surface area contributed by atoms with Crippen LogP contribution in [0.2, 0.25) is 0 Å². The van der Waals surface area contributed by atoms with Crippen molar-refractivity contribution in [1.82, 2.24) is 4.57 Å². The van der Waals surface area contributed by atoms with Gasteiger partial charge in [-0.15, -0.1) is 0 Å². The molecule has 0 fully saturated rings. The minimum atomic E-state index is 0.871. The van der Waals surface area contributed by atoms with Gasteiger partial charge in [-0.3, -0.25) is 0 Å². The van der Waals surface area contributed by atoms with E-state index in [1.54, 1.807) is 0 Å². The highest BCUT2D eigenvalue weighted by Gasteiger charge is 2.20. The van der Waals surface area contributed by atoms with Crippen molar-refractivity contribution < 1.29 is 0 Å². The van der Waals surface area contributed by atoms with Gasteiger partial charge >= 0.3 is 0 Å². The molecule has 2 heteroatoms. The smallest absolute Gasteiger partial charge is 0.0541 e. The molecule has 1 aliphatic rings. The van der Waals surface area contributed by atoms with E-state index in [1.165, 1.54) is 60.9 Å². The maximum Gasteiger partial charge on any atom is 0.0541 e. The van der Waals surface area contributed by atoms with Crippen molar-refractivity contribution in [3.8, 4) is 27.9 Å². The standard InChI is InChI=1S/C47H34N2/c1-3-11-34(12-4-1)36-19-26-40(27-20-36)48(43-32-25-39(33-43)35-13-5-2-6-14-35)41-28-21-37(22-29-41)38-23-30-42(31-24-38)49-46-17-9-7-15-44(46)45-16-8-10-18-47(45)49/h1-32H,33H2. The first-order chi connectivity index (χ1) is 24.3. The summed E-state index contributed by atoms with van der Waals surface area (Å²) in [5.74, 6) is 0. The van der Waals surface area contributed by atoms with E-state index in [-0.39, 0.29) is 0 Å². The SMILES string of the molecule is C1=C(c2ccccc2)CC(N(c2ccc(-c3ccccc3)cc2)c2ccc(-c3ccc(-n4c5ccccc5c5ccccc54)cc3)cc2)=C1. The zero-order valence-corrected chi connectivity index (χ0v) is 27.1. The van der Waals surface area contributed by atoms with Crippen molar-refractivity contribution in [2.75, 3.05) is 4.90 Å². The van der Waals surface area contributed by atoms with Crippen molar-refractivity contribution in [2.45, 2.75) is 6.42 Å². The quantitative estimate of drug-likeness (QED) is 0.171. The lowest BCUT2D eigenvalue weighted by molar-refractivity contribution is 1.11. The molecular formula is C47H34N2. The van der Waals surface area contributed by atoms with Gasteiger partial charge < -0.3 is 9.47 Å². The largest absolute Gasteiger partial charge is 0.314 e. The Bertz CT molecular complexity index is 2410. The summed E-state index contributed by atoms with van der Waals surface area (Å²) < 4.78 is 2.37. The third kappa shape index (κ3) is 5.34. The molecule has 9 rings (SSSR count). The van der Waals surface area contributed by atoms with E-state index in [4.69, 9.17) is 0 Å². The number of allylic oxidation sites excluding steroid dienone is 3. The number of hydrogen-bond acceptors (Lipinski definition) is 1. The summed E-state index contributed by atoms with van der Waals surface area (Å²) in [5, 5.41) is 2.56. The lowest BCUT2D eigenvalue weighted by Gasteiger charge is -2.27. The Balaban J connectivity index is 1.03. The molecule has 2 nitrogen and oxygen atoms in total. The fourth-order valence-corrected chi connectivity index (χ4v) is 7.23. The van der Waals surface area contributed by atoms with Gasteiger partial charge in [0, 0.05) is 40.0 Å². The second-order valence-corrected chi connectivity index (χ2v) is 12.6. The molecule has 8 aromatic rings. The third-order valence-electron chi connectivity index (χ3n) is 9.68. The van der Waals surface area contributed by atoms with Gasteiger partial charge in [-0.2, -0.15) is 0 Å². The summed E-state index contributed by atoms with van der Waals surface area (Å²) >= 11 is 0. The molecule has 0 N–H and O–H groups in total. The fourth-order valence-electron chi connectivity index (χ4n) is 7.23. The Morgan fingerprint density at radius 2 is 0.796 bits per heavy atom. The first-order valence-corrected chi connectivity index (χ1v) is 16.9. The van der Waals surface area contributed by atoms with Gasteiger partial charge in [0.2, 0.25) is 0 Å². The highest BCUT2D eigenvalue weighted by Crippen LogP contribution is 2.39. The predicted molar refractivity (Wildman–Crippen MR) is 207 cm³/mol. The summed E-state index contributed by atoms with van der Waals surface area (Å²) in [6.45, 7) is 0. The summed E-state index contributed by atoms with van der Waals surface area (Å²) in [6.07, 6.45) is 5.41. The van der Waals surface area contributed by atoms with Crippen molar-refractivity contribution in [3.05, 3.63) is 205 Å². The number of aromatic nitrogens is 1. The molecule has 0 aliphatic heterocycles. The summed E-state index contributed by atoms with van der Waals surface area (Å²) in [6, 6.07) is 65.5. The molecule has 0 saturated carbocycles. The number of anilines is 2. The van der Waals surface area contributed by atoms with E-state index >= 15 is 0 Å². The van der Waals surface area contributed by atoms with E-state index in [0.717, 1.165) is 23.5 Å². The normalized spacial score (nSPS) is 12.7. The van der Waals surface area contributed by atoms with Gasteiger partial charge in [0.15, 0.2) is 0 Å². The fraction of sp³-hybridized carbons (Fsp3) is 0.0213. The number of hydrogen-bond donors (Lipinski definition) is 0. The first-order valence-electron chi connectivity index (χ1n) is 16.9. The van der Waals surface area contributed by atoms with Crippen LogP contribution in [0.15, 0.2) is 200 Å². The molecule has 232 valence electrons. The van der Waals surface area contributed by atoms with Crippen LogP contribution in [0, 0.1) is 0 Å². The van der Waals surface area contributed by atoms with Gasteiger partial charge in [-0.1, -0.05) is 140 Å². The van der Waals surface area contributed by atoms with Crippen LogP contribution in [0.3, 0.4) is 0 Å². The second kappa shape index (κ2) is 12.3. The van der Waals surface area contributed by atoms with Crippen LogP contribution < -0.4 is 4.90 Å². The summed E-state index contributed by atoms with van der Waals surface area (Å²) in [7, 11) is 0. The van der Waals surface area contributed by atoms with Gasteiger partial charge in [0.1, 0.15) is 0 Å². The molecule has 1 aromatic heterocycles. The molecule has 7 aromatic carbocycles. The van der Waals surface area contributed by atoms with Crippen molar-refractivity contribution in [2.24, 2.45) is 0 Å². The van der Waals surface area contributed by atoms with Gasteiger partial charge in [0.05, 0.1) is 11.0 Å². The molecule has 0 atom stereocenters. The number of fused-ring (bicyclic) bond motifs is 3. The Morgan fingerprint density at radius 3 is 1.33 bits per heavy atom. The molecule has 0 amide bonds.